The summed E-state index contributed by atoms with van der Waals surface area (Å²) in [5.41, 5.74) is 3.24. The van der Waals surface area contributed by atoms with Gasteiger partial charge in [-0.2, -0.15) is 0 Å². The van der Waals surface area contributed by atoms with Crippen LogP contribution in [0.4, 0.5) is 10.1 Å². The van der Waals surface area contributed by atoms with Gasteiger partial charge in [0.2, 0.25) is 0 Å². The maximum Gasteiger partial charge on any atom is 0.143 e. The first-order valence-corrected chi connectivity index (χ1v) is 7.00. The summed E-state index contributed by atoms with van der Waals surface area (Å²) in [4.78, 5) is 0. The van der Waals surface area contributed by atoms with Gasteiger partial charge in [0.05, 0.1) is 17.7 Å². The average Bonchev–Trinajstić information content (AvgIpc) is 2.48. The second-order valence-corrected chi connectivity index (χ2v) is 5.23. The van der Waals surface area contributed by atoms with E-state index >= 15 is 0 Å². The highest BCUT2D eigenvalue weighted by Gasteiger charge is 2.20. The summed E-state index contributed by atoms with van der Waals surface area (Å²) in [6.07, 6.45) is 0.945. The van der Waals surface area contributed by atoms with Crippen molar-refractivity contribution in [3.63, 3.8) is 0 Å². The van der Waals surface area contributed by atoms with Crippen molar-refractivity contribution >= 4 is 17.3 Å². The molecule has 104 valence electrons. The monoisotopic (exact) mass is 291 g/mol. The fraction of sp³-hybridized carbons (Fsp3) is 0.250. The number of nitrogens with one attached hydrogen (secondary N) is 1. The Morgan fingerprint density at radius 1 is 1.25 bits per heavy atom. The maximum absolute atomic E-state index is 13.4. The summed E-state index contributed by atoms with van der Waals surface area (Å²) in [6.45, 7) is 1.33. The fourth-order valence-electron chi connectivity index (χ4n) is 2.46. The van der Waals surface area contributed by atoms with E-state index in [1.54, 1.807) is 12.1 Å². The molecule has 1 aliphatic rings. The molecule has 0 saturated heterocycles. The zero-order valence-corrected chi connectivity index (χ0v) is 11.7. The molecule has 0 radical (unpaired) electrons. The number of benzene rings is 2. The molecule has 1 N–H and O–H groups in total. The largest absolute Gasteiger partial charge is 0.382 e. The van der Waals surface area contributed by atoms with Crippen molar-refractivity contribution < 1.29 is 9.13 Å². The summed E-state index contributed by atoms with van der Waals surface area (Å²) in [6, 6.07) is 13.0. The second-order valence-electron chi connectivity index (χ2n) is 4.82. The molecule has 0 bridgehead atoms. The normalized spacial score (nSPS) is 17.6. The number of rotatable bonds is 3. The zero-order chi connectivity index (χ0) is 13.9. The van der Waals surface area contributed by atoms with Gasteiger partial charge in [-0.3, -0.25) is 0 Å². The predicted octanol–water partition coefficient (Wildman–Crippen LogP) is 4.21. The van der Waals surface area contributed by atoms with Crippen LogP contribution in [0.2, 0.25) is 5.02 Å². The third kappa shape index (κ3) is 2.79. The van der Waals surface area contributed by atoms with Crippen LogP contribution in [-0.2, 0) is 11.2 Å². The Hall–Kier alpha value is -1.58. The van der Waals surface area contributed by atoms with Crippen molar-refractivity contribution in [3.05, 3.63) is 64.4 Å². The molecule has 4 heteroatoms. The molecule has 1 aliphatic heterocycles. The smallest absolute Gasteiger partial charge is 0.143 e. The molecule has 2 nitrogen and oxygen atoms in total. The lowest BCUT2D eigenvalue weighted by atomic mass is 9.97. The van der Waals surface area contributed by atoms with Crippen LogP contribution in [-0.4, -0.2) is 13.2 Å². The molecule has 2 aromatic carbocycles. The molecule has 0 aliphatic carbocycles. The van der Waals surface area contributed by atoms with Gasteiger partial charge < -0.3 is 10.1 Å². The molecule has 0 spiro atoms. The fourth-order valence-corrected chi connectivity index (χ4v) is 2.58. The third-order valence-corrected chi connectivity index (χ3v) is 3.81. The molecule has 3 rings (SSSR count). The van der Waals surface area contributed by atoms with Crippen LogP contribution in [0, 0.1) is 5.82 Å². The van der Waals surface area contributed by atoms with Gasteiger partial charge in [0.1, 0.15) is 5.82 Å². The van der Waals surface area contributed by atoms with Crippen LogP contribution >= 0.6 is 11.6 Å². The number of hydrogen-bond donors (Lipinski definition) is 1. The Balaban J connectivity index is 1.71. The van der Waals surface area contributed by atoms with Crippen LogP contribution in [0.15, 0.2) is 42.5 Å². The lowest BCUT2D eigenvalue weighted by molar-refractivity contribution is 0.0513. The van der Waals surface area contributed by atoms with E-state index in [1.807, 2.05) is 12.1 Å². The van der Waals surface area contributed by atoms with Crippen LogP contribution < -0.4 is 5.32 Å². The second kappa shape index (κ2) is 5.81. The van der Waals surface area contributed by atoms with E-state index in [2.05, 4.69) is 17.4 Å². The lowest BCUT2D eigenvalue weighted by Crippen LogP contribution is -2.22. The highest BCUT2D eigenvalue weighted by atomic mass is 35.5. The molecular weight excluding hydrogens is 277 g/mol. The van der Waals surface area contributed by atoms with Crippen molar-refractivity contribution in [2.24, 2.45) is 0 Å². The zero-order valence-electron chi connectivity index (χ0n) is 10.9. The Morgan fingerprint density at radius 2 is 2.10 bits per heavy atom. The maximum atomic E-state index is 13.4. The Labute approximate surface area is 122 Å². The van der Waals surface area contributed by atoms with Crippen molar-refractivity contribution in [2.75, 3.05) is 18.5 Å². The summed E-state index contributed by atoms with van der Waals surface area (Å²) in [5.74, 6) is -0.415. The standard InChI is InChI=1S/C16H15ClFNO/c17-14-6-5-12(9-15(14)18)19-10-16-13-4-2-1-3-11(13)7-8-20-16/h1-6,9,16,19H,7-8,10H2. The van der Waals surface area contributed by atoms with E-state index in [1.165, 1.54) is 17.2 Å². The van der Waals surface area contributed by atoms with Crippen molar-refractivity contribution in [1.29, 1.82) is 0 Å². The molecule has 1 heterocycles. The van der Waals surface area contributed by atoms with Crippen LogP contribution in [0.1, 0.15) is 17.2 Å². The van der Waals surface area contributed by atoms with Crippen molar-refractivity contribution in [1.82, 2.24) is 0 Å². The molecule has 1 unspecified atom stereocenters. The number of hydrogen-bond acceptors (Lipinski definition) is 2. The van der Waals surface area contributed by atoms with E-state index in [-0.39, 0.29) is 11.1 Å². The molecule has 0 fully saturated rings. The van der Waals surface area contributed by atoms with Gasteiger partial charge in [-0.05, 0) is 35.7 Å². The van der Waals surface area contributed by atoms with Crippen LogP contribution in [0.5, 0.6) is 0 Å². The van der Waals surface area contributed by atoms with Gasteiger partial charge in [-0.15, -0.1) is 0 Å². The van der Waals surface area contributed by atoms with Gasteiger partial charge in [-0.25, -0.2) is 4.39 Å². The molecule has 0 saturated carbocycles. The minimum Gasteiger partial charge on any atom is -0.382 e. The molecule has 0 amide bonds. The Bertz CT molecular complexity index is 617. The number of halogens is 2. The highest BCUT2D eigenvalue weighted by molar-refractivity contribution is 6.30. The SMILES string of the molecule is Fc1cc(NCC2OCCc3ccccc32)ccc1Cl. The minimum absolute atomic E-state index is 0.00121. The Kier molecular flexibility index (Phi) is 3.90. The van der Waals surface area contributed by atoms with E-state index in [9.17, 15) is 4.39 Å². The van der Waals surface area contributed by atoms with E-state index in [0.717, 1.165) is 13.0 Å². The highest BCUT2D eigenvalue weighted by Crippen LogP contribution is 2.27. The first kappa shape index (κ1) is 13.4. The first-order chi connectivity index (χ1) is 9.74. The molecular formula is C16H15ClFNO. The summed E-state index contributed by atoms with van der Waals surface area (Å²) in [7, 11) is 0. The summed E-state index contributed by atoms with van der Waals surface area (Å²) in [5, 5.41) is 3.33. The summed E-state index contributed by atoms with van der Waals surface area (Å²) >= 11 is 5.67. The lowest BCUT2D eigenvalue weighted by Gasteiger charge is -2.26. The van der Waals surface area contributed by atoms with Gasteiger partial charge in [-0.1, -0.05) is 35.9 Å². The predicted molar refractivity (Wildman–Crippen MR) is 78.7 cm³/mol. The molecule has 0 aromatic heterocycles. The molecule has 20 heavy (non-hydrogen) atoms. The minimum atomic E-state index is -0.415. The third-order valence-electron chi connectivity index (χ3n) is 3.50. The quantitative estimate of drug-likeness (QED) is 0.915. The van der Waals surface area contributed by atoms with E-state index < -0.39 is 5.82 Å². The van der Waals surface area contributed by atoms with Gasteiger partial charge in [0, 0.05) is 12.2 Å². The van der Waals surface area contributed by atoms with Gasteiger partial charge in [0.15, 0.2) is 0 Å². The molecule has 2 aromatic rings. The van der Waals surface area contributed by atoms with E-state index in [4.69, 9.17) is 16.3 Å². The number of anilines is 1. The average molecular weight is 292 g/mol. The van der Waals surface area contributed by atoms with Gasteiger partial charge >= 0.3 is 0 Å². The topological polar surface area (TPSA) is 21.3 Å². The Morgan fingerprint density at radius 3 is 2.95 bits per heavy atom. The molecule has 1 atom stereocenters. The van der Waals surface area contributed by atoms with Crippen molar-refractivity contribution in [3.8, 4) is 0 Å². The first-order valence-electron chi connectivity index (χ1n) is 6.62. The summed E-state index contributed by atoms with van der Waals surface area (Å²) < 4.78 is 19.2. The van der Waals surface area contributed by atoms with Crippen LogP contribution in [0.3, 0.4) is 0 Å². The van der Waals surface area contributed by atoms with Crippen LogP contribution in [0.25, 0.3) is 0 Å². The number of fused-ring (bicyclic) bond motifs is 1. The van der Waals surface area contributed by atoms with E-state index in [0.29, 0.717) is 12.2 Å². The van der Waals surface area contributed by atoms with Gasteiger partial charge in [0.25, 0.3) is 0 Å². The number of ether oxygens (including phenoxy) is 1. The van der Waals surface area contributed by atoms with Crippen molar-refractivity contribution in [2.45, 2.75) is 12.5 Å².